The fourth-order valence-electron chi connectivity index (χ4n) is 7.55. The van der Waals surface area contributed by atoms with Crippen molar-refractivity contribution in [2.75, 3.05) is 7.05 Å². The van der Waals surface area contributed by atoms with Crippen molar-refractivity contribution in [3.63, 3.8) is 0 Å². The highest BCUT2D eigenvalue weighted by molar-refractivity contribution is 5.44. The summed E-state index contributed by atoms with van der Waals surface area (Å²) in [6.07, 6.45) is 8.97. The van der Waals surface area contributed by atoms with Crippen LogP contribution >= 0.6 is 0 Å². The van der Waals surface area contributed by atoms with Crippen LogP contribution in [0, 0.1) is 35.5 Å². The van der Waals surface area contributed by atoms with Gasteiger partial charge >= 0.3 is 0 Å². The number of nitrogens with one attached hydrogen (secondary N) is 1. The van der Waals surface area contributed by atoms with Crippen LogP contribution in [0.4, 0.5) is 0 Å². The van der Waals surface area contributed by atoms with E-state index in [0.717, 1.165) is 25.8 Å². The molecule has 6 atom stereocenters. The molecule has 4 bridgehead atoms. The van der Waals surface area contributed by atoms with Crippen LogP contribution in [0.1, 0.15) is 69.1 Å². The maximum atomic E-state index is 10.4. The normalized spacial score (nSPS) is 38.3. The Morgan fingerprint density at radius 2 is 2.10 bits per heavy atom. The van der Waals surface area contributed by atoms with Gasteiger partial charge in [-0.05, 0) is 93.7 Å². The Hall–Kier alpha value is -1.54. The highest BCUT2D eigenvalue weighted by atomic mass is 16.5. The lowest BCUT2D eigenvalue weighted by Crippen LogP contribution is -2.71. The van der Waals surface area contributed by atoms with E-state index in [1.54, 1.807) is 0 Å². The molecule has 2 aliphatic heterocycles. The molecule has 1 aromatic carbocycles. The van der Waals surface area contributed by atoms with Crippen molar-refractivity contribution in [2.24, 2.45) is 29.4 Å². The van der Waals surface area contributed by atoms with Crippen LogP contribution in [0.15, 0.2) is 12.1 Å². The summed E-state index contributed by atoms with van der Waals surface area (Å²) >= 11 is 0. The maximum Gasteiger partial charge on any atom is 0.116 e. The molecular formula is C27H38N2O2. The molecule has 2 heterocycles. The monoisotopic (exact) mass is 422 g/mol. The van der Waals surface area contributed by atoms with Gasteiger partial charge in [-0.2, -0.15) is 0 Å². The van der Waals surface area contributed by atoms with E-state index in [0.29, 0.717) is 29.9 Å². The van der Waals surface area contributed by atoms with Crippen LogP contribution in [-0.2, 0) is 24.1 Å². The van der Waals surface area contributed by atoms with E-state index in [1.807, 2.05) is 19.2 Å². The van der Waals surface area contributed by atoms with Crippen molar-refractivity contribution in [3.8, 4) is 17.6 Å². The van der Waals surface area contributed by atoms with Gasteiger partial charge in [-0.25, -0.2) is 0 Å². The molecule has 4 nitrogen and oxygen atoms in total. The molecule has 3 aliphatic carbocycles. The van der Waals surface area contributed by atoms with Gasteiger partial charge in [0.05, 0.1) is 17.1 Å². The number of nitrogens with two attached hydrogens (primary N) is 1. The van der Waals surface area contributed by atoms with Crippen molar-refractivity contribution in [1.82, 2.24) is 5.32 Å². The molecule has 4 fully saturated rings. The van der Waals surface area contributed by atoms with Crippen LogP contribution in [0.2, 0.25) is 0 Å². The minimum absolute atomic E-state index is 0.0784. The quantitative estimate of drug-likeness (QED) is 0.632. The largest absolute Gasteiger partial charge is 0.508 e. The summed E-state index contributed by atoms with van der Waals surface area (Å²) < 4.78 is 7.02. The molecule has 31 heavy (non-hydrogen) atoms. The van der Waals surface area contributed by atoms with E-state index in [9.17, 15) is 5.11 Å². The van der Waals surface area contributed by atoms with Crippen LogP contribution in [0.3, 0.4) is 0 Å². The molecule has 4 N–H and O–H groups in total. The van der Waals surface area contributed by atoms with Gasteiger partial charge in [0.25, 0.3) is 0 Å². The van der Waals surface area contributed by atoms with Crippen molar-refractivity contribution < 1.29 is 9.84 Å². The average Bonchev–Trinajstić information content (AvgIpc) is 2.73. The Morgan fingerprint density at radius 1 is 1.26 bits per heavy atom. The number of ether oxygens (including phenoxy) is 1. The zero-order valence-corrected chi connectivity index (χ0v) is 19.3. The molecule has 168 valence electrons. The summed E-state index contributed by atoms with van der Waals surface area (Å²) in [7, 11) is 1.97. The molecule has 0 amide bonds. The third-order valence-corrected chi connectivity index (χ3v) is 8.86. The van der Waals surface area contributed by atoms with Crippen LogP contribution in [0.25, 0.3) is 0 Å². The first-order valence-corrected chi connectivity index (χ1v) is 12.3. The van der Waals surface area contributed by atoms with Gasteiger partial charge in [0, 0.05) is 24.9 Å². The summed E-state index contributed by atoms with van der Waals surface area (Å²) in [6, 6.07) is 3.95. The zero-order valence-electron chi connectivity index (χ0n) is 19.3. The fraction of sp³-hybridized carbons (Fsp3) is 0.704. The highest BCUT2D eigenvalue weighted by Crippen LogP contribution is 2.58. The summed E-state index contributed by atoms with van der Waals surface area (Å²) in [5, 5.41) is 13.7. The number of rotatable bonds is 2. The first-order valence-electron chi connectivity index (χ1n) is 12.3. The Morgan fingerprint density at radius 3 is 2.87 bits per heavy atom. The minimum Gasteiger partial charge on any atom is -0.508 e. The fourth-order valence-corrected chi connectivity index (χ4v) is 7.55. The van der Waals surface area contributed by atoms with Crippen molar-refractivity contribution in [2.45, 2.75) is 89.0 Å². The Balaban J connectivity index is 1.60. The molecule has 6 unspecified atom stereocenters. The van der Waals surface area contributed by atoms with Gasteiger partial charge in [-0.15, -0.1) is 0 Å². The van der Waals surface area contributed by atoms with Gasteiger partial charge < -0.3 is 20.9 Å². The predicted octanol–water partition coefficient (Wildman–Crippen LogP) is 3.92. The van der Waals surface area contributed by atoms with Gasteiger partial charge in [-0.3, -0.25) is 0 Å². The van der Waals surface area contributed by atoms with Crippen LogP contribution in [-0.4, -0.2) is 29.4 Å². The molecule has 2 saturated heterocycles. The number of benzene rings is 1. The summed E-state index contributed by atoms with van der Waals surface area (Å²) in [6.45, 7) is 5.27. The smallest absolute Gasteiger partial charge is 0.116 e. The maximum absolute atomic E-state index is 10.4. The first kappa shape index (κ1) is 21.3. The molecule has 4 heteroatoms. The topological polar surface area (TPSA) is 67.5 Å². The molecule has 1 aromatic rings. The summed E-state index contributed by atoms with van der Waals surface area (Å²) in [5.74, 6) is 9.16. The Bertz CT molecular complexity index is 914. The van der Waals surface area contributed by atoms with Gasteiger partial charge in [0.15, 0.2) is 0 Å². The number of hydrogen-bond donors (Lipinski definition) is 3. The lowest BCUT2D eigenvalue weighted by Gasteiger charge is -2.63. The van der Waals surface area contributed by atoms with Crippen molar-refractivity contribution in [1.29, 1.82) is 0 Å². The van der Waals surface area contributed by atoms with Gasteiger partial charge in [0.2, 0.25) is 0 Å². The Kier molecular flexibility index (Phi) is 5.36. The molecule has 1 spiro atoms. The lowest BCUT2D eigenvalue weighted by molar-refractivity contribution is -0.285. The highest BCUT2D eigenvalue weighted by Gasteiger charge is 2.62. The molecule has 2 saturated carbocycles. The lowest BCUT2D eigenvalue weighted by atomic mass is 9.54. The Labute approximate surface area is 187 Å². The minimum atomic E-state index is -0.199. The second-order valence-corrected chi connectivity index (χ2v) is 11.1. The SMILES string of the molecule is CNCc1cc(O)cc2c1CC1CCCC(C1)C13CCC(C(N)C1C#CC2)C(C)(C)O3. The molecule has 5 aliphatic rings. The second-order valence-electron chi connectivity index (χ2n) is 11.1. The van der Waals surface area contributed by atoms with E-state index < -0.39 is 0 Å². The molecular weight excluding hydrogens is 384 g/mol. The summed E-state index contributed by atoms with van der Waals surface area (Å²) in [5.41, 5.74) is 10.3. The third-order valence-electron chi connectivity index (χ3n) is 8.86. The number of phenolic OH excluding ortho intramolecular Hbond substituents is 1. The molecule has 0 aromatic heterocycles. The van der Waals surface area contributed by atoms with E-state index in [4.69, 9.17) is 10.5 Å². The third kappa shape index (κ3) is 3.50. The van der Waals surface area contributed by atoms with E-state index in [-0.39, 0.29) is 23.2 Å². The standard InChI is InChI=1S/C27H38N2O2/c1-26(2)23-10-11-27(31-26)20-8-4-6-17(12-20)13-22-18(7-5-9-24(27)25(23)28)14-21(30)15-19(22)16-29-3/h14-15,17,20,23-25,29-30H,4,6-8,10-13,16,28H2,1-3H3. The van der Waals surface area contributed by atoms with E-state index in [1.165, 1.54) is 42.4 Å². The van der Waals surface area contributed by atoms with Crippen molar-refractivity contribution in [3.05, 3.63) is 28.8 Å². The van der Waals surface area contributed by atoms with E-state index >= 15 is 0 Å². The zero-order chi connectivity index (χ0) is 21.8. The van der Waals surface area contributed by atoms with Crippen LogP contribution in [0.5, 0.6) is 5.75 Å². The molecule has 0 radical (unpaired) electrons. The molecule has 6 rings (SSSR count). The van der Waals surface area contributed by atoms with Gasteiger partial charge in [0.1, 0.15) is 5.75 Å². The number of hydrogen-bond acceptors (Lipinski definition) is 4. The average molecular weight is 423 g/mol. The number of fused-ring (bicyclic) bond motifs is 5. The van der Waals surface area contributed by atoms with Gasteiger partial charge in [-0.1, -0.05) is 24.7 Å². The summed E-state index contributed by atoms with van der Waals surface area (Å²) in [4.78, 5) is 0. The second kappa shape index (κ2) is 7.80. The number of phenols is 1. The number of aromatic hydroxyl groups is 1. The predicted molar refractivity (Wildman–Crippen MR) is 124 cm³/mol. The van der Waals surface area contributed by atoms with Crippen molar-refractivity contribution >= 4 is 0 Å². The van der Waals surface area contributed by atoms with Crippen LogP contribution < -0.4 is 11.1 Å². The first-order chi connectivity index (χ1) is 14.8. The van der Waals surface area contributed by atoms with E-state index in [2.05, 4.69) is 31.0 Å².